The van der Waals surface area contributed by atoms with E-state index in [-0.39, 0.29) is 19.3 Å². The number of esters is 3. The number of carbonyl (C=O) groups is 3. The van der Waals surface area contributed by atoms with Gasteiger partial charge in [-0.15, -0.1) is 0 Å². The topological polar surface area (TPSA) is 374 Å². The first-order valence-corrected chi connectivity index (χ1v) is 43.1. The maximum absolute atomic E-state index is 14.4. The third-order valence-electron chi connectivity index (χ3n) is 21.2. The number of hydrogen-bond acceptors (Lipinski definition) is 23. The van der Waals surface area contributed by atoms with Crippen molar-refractivity contribution < 1.29 is 117 Å². The molecule has 2 heterocycles. The molecule has 20 atom stereocenters. The first-order valence-electron chi connectivity index (χ1n) is 41.6. The van der Waals surface area contributed by atoms with Gasteiger partial charge in [-0.25, -0.2) is 4.57 Å². The molecule has 0 aromatic rings. The van der Waals surface area contributed by atoms with Crippen molar-refractivity contribution >= 4 is 25.7 Å². The lowest BCUT2D eigenvalue weighted by molar-refractivity contribution is -0.360. The van der Waals surface area contributed by atoms with E-state index in [1.54, 1.807) is 0 Å². The highest BCUT2D eigenvalue weighted by Crippen LogP contribution is 2.49. The minimum absolute atomic E-state index is 0.0335. The summed E-state index contributed by atoms with van der Waals surface area (Å²) < 4.78 is 65.4. The van der Waals surface area contributed by atoms with E-state index in [1.165, 1.54) is 173 Å². The van der Waals surface area contributed by atoms with Crippen molar-refractivity contribution in [2.24, 2.45) is 11.8 Å². The molecule has 0 radical (unpaired) electrons. The number of unbranched alkanes of at least 4 members (excludes halogenated alkanes) is 36. The van der Waals surface area contributed by atoms with E-state index in [0.717, 1.165) is 96.3 Å². The Morgan fingerprint density at radius 1 is 0.365 bits per heavy atom. The second-order valence-electron chi connectivity index (χ2n) is 30.7. The molecule has 104 heavy (non-hydrogen) atoms. The Morgan fingerprint density at radius 2 is 0.673 bits per heavy atom. The van der Waals surface area contributed by atoms with Crippen LogP contribution in [0.4, 0.5) is 0 Å². The van der Waals surface area contributed by atoms with Crippen LogP contribution in [-0.2, 0) is 61.2 Å². The van der Waals surface area contributed by atoms with Crippen molar-refractivity contribution in [1.29, 1.82) is 0 Å². The monoisotopic (exact) mass is 1510 g/mol. The third kappa shape index (κ3) is 41.3. The zero-order valence-electron chi connectivity index (χ0n) is 64.9. The summed E-state index contributed by atoms with van der Waals surface area (Å²) in [7, 11) is -5.70. The number of aliphatic hydroxyl groups is 10. The summed E-state index contributed by atoms with van der Waals surface area (Å²) in [5, 5.41) is 110. The van der Waals surface area contributed by atoms with Crippen LogP contribution >= 0.6 is 7.82 Å². The molecule has 2 saturated heterocycles. The molecule has 614 valence electrons. The molecule has 24 nitrogen and oxygen atoms in total. The van der Waals surface area contributed by atoms with Crippen LogP contribution < -0.4 is 0 Å². The molecular formula is C79H149O24P. The Balaban J connectivity index is 1.71. The van der Waals surface area contributed by atoms with Gasteiger partial charge in [0.25, 0.3) is 0 Å². The van der Waals surface area contributed by atoms with Crippen molar-refractivity contribution in [3.05, 3.63) is 0 Å². The average Bonchev–Trinajstić information content (AvgIpc) is 0.760. The second kappa shape index (κ2) is 58.8. The summed E-state index contributed by atoms with van der Waals surface area (Å²) in [5.41, 5.74) is 0. The van der Waals surface area contributed by atoms with Crippen molar-refractivity contribution in [2.75, 3.05) is 26.4 Å². The van der Waals surface area contributed by atoms with Crippen LogP contribution in [0.2, 0.25) is 0 Å². The van der Waals surface area contributed by atoms with Crippen molar-refractivity contribution in [3.8, 4) is 0 Å². The molecule has 0 spiro atoms. The zero-order chi connectivity index (χ0) is 76.3. The van der Waals surface area contributed by atoms with Crippen LogP contribution in [0.1, 0.15) is 343 Å². The van der Waals surface area contributed by atoms with E-state index in [4.69, 9.17) is 42.2 Å². The summed E-state index contributed by atoms with van der Waals surface area (Å²) >= 11 is 0. The predicted molar refractivity (Wildman–Crippen MR) is 398 cm³/mol. The number of carbonyl (C=O) groups excluding carboxylic acids is 3. The summed E-state index contributed by atoms with van der Waals surface area (Å²) in [5.74, 6) is -0.596. The van der Waals surface area contributed by atoms with Gasteiger partial charge in [0.05, 0.1) is 13.2 Å². The van der Waals surface area contributed by atoms with Crippen LogP contribution in [0.3, 0.4) is 0 Å². The molecule has 2 aliphatic heterocycles. The van der Waals surface area contributed by atoms with Gasteiger partial charge in [-0.05, 0) is 31.1 Å². The molecule has 1 aliphatic carbocycles. The van der Waals surface area contributed by atoms with E-state index in [9.17, 15) is 74.9 Å². The molecule has 11 N–H and O–H groups in total. The third-order valence-corrected chi connectivity index (χ3v) is 22.2. The summed E-state index contributed by atoms with van der Waals surface area (Å²) in [4.78, 5) is 51.3. The van der Waals surface area contributed by atoms with Gasteiger partial charge in [0.15, 0.2) is 18.7 Å². The number of phosphoric acid groups is 1. The molecule has 3 fully saturated rings. The first kappa shape index (κ1) is 96.2. The molecule has 3 aliphatic rings. The highest BCUT2D eigenvalue weighted by molar-refractivity contribution is 7.47. The van der Waals surface area contributed by atoms with Crippen LogP contribution in [0.5, 0.6) is 0 Å². The van der Waals surface area contributed by atoms with Crippen molar-refractivity contribution in [1.82, 2.24) is 0 Å². The zero-order valence-corrected chi connectivity index (χ0v) is 65.8. The predicted octanol–water partition coefficient (Wildman–Crippen LogP) is 13.0. The SMILES string of the molecule is CCCCCCCCCCCCCCCCCCCC(=O)OCC1OC(OC2C(O)C(O)C(O)C(OC3OC(CO)C(O)C(O)C3O)C2OP(=O)(O)OCC(COC(=O)CCCCCCCCC(C)CCCCCCCC)OC(=O)CCCCCCCCC(C)CCCCCCCC)C(O)C(O)C1O. The Kier molecular flexibility index (Phi) is 54.4. The molecule has 20 unspecified atom stereocenters. The largest absolute Gasteiger partial charge is 0.472 e. The van der Waals surface area contributed by atoms with Gasteiger partial charge in [0, 0.05) is 19.3 Å². The molecular weight excluding hydrogens is 1360 g/mol. The van der Waals surface area contributed by atoms with Gasteiger partial charge < -0.3 is 89.1 Å². The molecule has 3 rings (SSSR count). The van der Waals surface area contributed by atoms with Gasteiger partial charge in [0.1, 0.15) is 98.7 Å². The van der Waals surface area contributed by atoms with Crippen molar-refractivity contribution in [2.45, 2.75) is 447 Å². The number of phosphoric ester groups is 1. The van der Waals surface area contributed by atoms with Crippen molar-refractivity contribution in [3.63, 3.8) is 0 Å². The normalized spacial score (nSPS) is 27.3. The number of rotatable bonds is 65. The fourth-order valence-corrected chi connectivity index (χ4v) is 15.2. The number of hydrogen-bond donors (Lipinski definition) is 11. The van der Waals surface area contributed by atoms with E-state index in [2.05, 4.69) is 34.6 Å². The highest BCUT2D eigenvalue weighted by Gasteiger charge is 2.58. The van der Waals surface area contributed by atoms with E-state index in [0.29, 0.717) is 31.1 Å². The lowest BCUT2D eigenvalue weighted by Crippen LogP contribution is -2.69. The fraction of sp³-hybridized carbons (Fsp3) is 0.962. The van der Waals surface area contributed by atoms with Gasteiger partial charge in [-0.3, -0.25) is 23.4 Å². The molecule has 25 heteroatoms. The van der Waals surface area contributed by atoms with E-state index >= 15 is 0 Å². The average molecular weight is 1510 g/mol. The quantitative estimate of drug-likeness (QED) is 0.0117. The van der Waals surface area contributed by atoms with Gasteiger partial charge >= 0.3 is 25.7 Å². The minimum Gasteiger partial charge on any atom is -0.463 e. The fourth-order valence-electron chi connectivity index (χ4n) is 14.3. The van der Waals surface area contributed by atoms with Gasteiger partial charge in [0.2, 0.25) is 0 Å². The Bertz CT molecular complexity index is 2170. The minimum atomic E-state index is -5.70. The highest BCUT2D eigenvalue weighted by atomic mass is 31.2. The Labute approximate surface area is 625 Å². The molecule has 0 bridgehead atoms. The number of ether oxygens (including phenoxy) is 7. The lowest BCUT2D eigenvalue weighted by Gasteiger charge is -2.49. The van der Waals surface area contributed by atoms with E-state index < -0.39 is 156 Å². The molecule has 1 saturated carbocycles. The number of aliphatic hydroxyl groups excluding tert-OH is 10. The van der Waals surface area contributed by atoms with Gasteiger partial charge in [-0.1, -0.05) is 304 Å². The molecule has 0 aromatic heterocycles. The maximum Gasteiger partial charge on any atom is 0.472 e. The Morgan fingerprint density at radius 3 is 1.04 bits per heavy atom. The molecule has 0 amide bonds. The first-order chi connectivity index (χ1) is 50.1. The maximum atomic E-state index is 14.4. The Hall–Kier alpha value is -2.04. The molecule has 0 aromatic carbocycles. The summed E-state index contributed by atoms with van der Waals surface area (Å²) in [6, 6.07) is 0. The van der Waals surface area contributed by atoms with Gasteiger partial charge in [-0.2, -0.15) is 0 Å². The van der Waals surface area contributed by atoms with Crippen LogP contribution in [0.25, 0.3) is 0 Å². The second-order valence-corrected chi connectivity index (χ2v) is 32.2. The van der Waals surface area contributed by atoms with Crippen LogP contribution in [-0.4, -0.2) is 204 Å². The lowest BCUT2D eigenvalue weighted by atomic mass is 9.84. The van der Waals surface area contributed by atoms with Crippen LogP contribution in [0.15, 0.2) is 0 Å². The summed E-state index contributed by atoms with van der Waals surface area (Å²) in [6.07, 6.45) is 15.7. The summed E-state index contributed by atoms with van der Waals surface area (Å²) in [6.45, 7) is 8.16. The van der Waals surface area contributed by atoms with E-state index in [1.807, 2.05) is 0 Å². The van der Waals surface area contributed by atoms with Crippen LogP contribution in [0, 0.1) is 11.8 Å². The smallest absolute Gasteiger partial charge is 0.463 e. The standard InChI is InChI=1S/C79H149O24P/c1-6-9-12-15-18-19-20-21-22-23-24-25-26-27-28-37-45-52-64(82)96-57-62-67(85)69(87)74(92)79(100-62)102-76-72(90)70(88)71(89)75(101-78-73(91)68(86)66(84)61(54-80)99-78)77(76)103-104(93,94)97-56-60(98-65(83)53-46-39-32-30-36-43-50-59(5)48-41-34-17-14-11-8-3)55-95-63(81)51-44-38-31-29-35-42-49-58(4)47-40-33-16-13-10-7-2/h58-62,66-80,84-92H,6-57H2,1-5H3,(H,93,94).